The number of rotatable bonds is 23. The number of hydrogen-bond acceptors (Lipinski definition) is 8. The minimum Gasteiger partial charge on any atom is -0.373 e. The maximum atomic E-state index is 13.9. The molecule has 362 valence electrons. The van der Waals surface area contributed by atoms with E-state index in [1.54, 1.807) is 13.8 Å². The number of nitrogens with zero attached hydrogens (tertiary/aromatic N) is 2. The summed E-state index contributed by atoms with van der Waals surface area (Å²) in [5, 5.41) is 6.25. The molecule has 2 heterocycles. The Bertz CT molecular complexity index is 2330. The molecule has 0 radical (unpaired) electrons. The average molecular weight is 933 g/mol. The number of aromatic amines is 2. The van der Waals surface area contributed by atoms with Gasteiger partial charge in [0, 0.05) is 23.5 Å². The summed E-state index contributed by atoms with van der Waals surface area (Å²) in [5.41, 5.74) is 3.29. The Morgan fingerprint density at radius 1 is 0.529 bits per heavy atom. The highest BCUT2D eigenvalue weighted by molar-refractivity contribution is 5.86. The van der Waals surface area contributed by atoms with Crippen LogP contribution in [0, 0.1) is 10.8 Å². The summed E-state index contributed by atoms with van der Waals surface area (Å²) >= 11 is 0. The summed E-state index contributed by atoms with van der Waals surface area (Å²) in [6.07, 6.45) is 3.64. The van der Waals surface area contributed by atoms with Crippen LogP contribution in [0.15, 0.2) is 122 Å². The van der Waals surface area contributed by atoms with Crippen molar-refractivity contribution in [2.24, 2.45) is 10.8 Å². The van der Waals surface area contributed by atoms with E-state index >= 15 is 0 Å². The number of halogens is 2. The first-order valence-corrected chi connectivity index (χ1v) is 23.0. The zero-order valence-corrected chi connectivity index (χ0v) is 40.5. The second kappa shape index (κ2) is 22.8. The fourth-order valence-corrected chi connectivity index (χ4v) is 7.64. The summed E-state index contributed by atoms with van der Waals surface area (Å²) < 4.78 is 50.0. The number of alkyl halides is 2. The van der Waals surface area contributed by atoms with E-state index in [2.05, 4.69) is 20.6 Å². The van der Waals surface area contributed by atoms with Gasteiger partial charge in [-0.15, -0.1) is 0 Å². The number of imidazole rings is 2. The van der Waals surface area contributed by atoms with Crippen molar-refractivity contribution in [2.75, 3.05) is 39.8 Å². The van der Waals surface area contributed by atoms with E-state index in [0.29, 0.717) is 23.0 Å². The van der Waals surface area contributed by atoms with Crippen LogP contribution in [-0.4, -0.2) is 82.7 Å². The Labute approximate surface area is 399 Å². The SMILES string of the molecule is CC(COCc1ccccc1)(OCCF)C(=O)NC(c1nc(-c2ccc(-c3ccc(-c4c[nH]c(C(NC(=O)C(C)(COCc5ccccc5)OCCF)C(C)(C)C)n4)cc3)cc2)c[nH]1)C(C)(C)C. The highest BCUT2D eigenvalue weighted by Crippen LogP contribution is 2.36. The molecule has 68 heavy (non-hydrogen) atoms. The monoisotopic (exact) mass is 933 g/mol. The summed E-state index contributed by atoms with van der Waals surface area (Å²) in [5.74, 6) is 0.281. The van der Waals surface area contributed by atoms with E-state index < -0.39 is 59.3 Å². The number of carbonyl (C=O) groups excluding carboxylic acids is 2. The van der Waals surface area contributed by atoms with Crippen LogP contribution < -0.4 is 10.6 Å². The number of nitrogens with one attached hydrogen (secondary N) is 4. The summed E-state index contributed by atoms with van der Waals surface area (Å²) in [6.45, 7) is 13.7. The highest BCUT2D eigenvalue weighted by Gasteiger charge is 2.41. The van der Waals surface area contributed by atoms with E-state index in [0.717, 1.165) is 33.4 Å². The van der Waals surface area contributed by atoms with Crippen molar-refractivity contribution in [1.82, 2.24) is 30.6 Å². The van der Waals surface area contributed by atoms with Crippen LogP contribution in [0.5, 0.6) is 0 Å². The lowest BCUT2D eigenvalue weighted by atomic mass is 9.85. The molecule has 4 unspecified atom stereocenters. The third-order valence-corrected chi connectivity index (χ3v) is 11.7. The van der Waals surface area contributed by atoms with Gasteiger partial charge in [0.25, 0.3) is 11.8 Å². The molecule has 6 aromatic rings. The van der Waals surface area contributed by atoms with Gasteiger partial charge >= 0.3 is 0 Å². The summed E-state index contributed by atoms with van der Waals surface area (Å²) in [4.78, 5) is 44.2. The van der Waals surface area contributed by atoms with Gasteiger partial charge in [-0.1, -0.05) is 151 Å². The predicted molar refractivity (Wildman–Crippen MR) is 261 cm³/mol. The number of amides is 2. The van der Waals surface area contributed by atoms with Crippen molar-refractivity contribution in [3.05, 3.63) is 144 Å². The van der Waals surface area contributed by atoms with Gasteiger partial charge in [0.1, 0.15) is 25.0 Å². The van der Waals surface area contributed by atoms with Crippen molar-refractivity contribution in [3.8, 4) is 33.6 Å². The van der Waals surface area contributed by atoms with Gasteiger partial charge in [-0.3, -0.25) is 9.59 Å². The molecular formula is C54H66F2N6O6. The Hall–Kier alpha value is -6.06. The van der Waals surface area contributed by atoms with Gasteiger partial charge in [0.2, 0.25) is 0 Å². The van der Waals surface area contributed by atoms with Gasteiger partial charge in [-0.05, 0) is 46.9 Å². The largest absolute Gasteiger partial charge is 0.373 e. The van der Waals surface area contributed by atoms with Crippen molar-refractivity contribution in [3.63, 3.8) is 0 Å². The van der Waals surface area contributed by atoms with E-state index in [9.17, 15) is 18.4 Å². The number of aromatic nitrogens is 4. The molecule has 6 rings (SSSR count). The number of carbonyl (C=O) groups is 2. The zero-order chi connectivity index (χ0) is 49.0. The molecule has 0 aliphatic carbocycles. The number of hydrogen-bond donors (Lipinski definition) is 4. The molecule has 4 aromatic carbocycles. The highest BCUT2D eigenvalue weighted by atomic mass is 19.1. The Balaban J connectivity index is 1.11. The first-order chi connectivity index (χ1) is 32.4. The lowest BCUT2D eigenvalue weighted by molar-refractivity contribution is -0.157. The minimum absolute atomic E-state index is 0.0691. The smallest absolute Gasteiger partial charge is 0.254 e. The van der Waals surface area contributed by atoms with Gasteiger partial charge in [0.15, 0.2) is 11.2 Å². The molecule has 0 aliphatic heterocycles. The maximum absolute atomic E-state index is 13.9. The van der Waals surface area contributed by atoms with E-state index in [4.69, 9.17) is 28.9 Å². The van der Waals surface area contributed by atoms with Crippen molar-refractivity contribution < 1.29 is 37.3 Å². The summed E-state index contributed by atoms with van der Waals surface area (Å²) in [6, 6.07) is 34.3. The quantitative estimate of drug-likeness (QED) is 0.0496. The first kappa shape index (κ1) is 51.3. The molecule has 0 aliphatic rings. The molecular weight excluding hydrogens is 867 g/mol. The molecule has 0 fully saturated rings. The molecule has 0 saturated heterocycles. The molecule has 0 bridgehead atoms. The zero-order valence-electron chi connectivity index (χ0n) is 40.5. The predicted octanol–water partition coefficient (Wildman–Crippen LogP) is 10.5. The maximum Gasteiger partial charge on any atom is 0.254 e. The fraction of sp³-hybridized carbons (Fsp3) is 0.407. The fourth-order valence-electron chi connectivity index (χ4n) is 7.64. The van der Waals surface area contributed by atoms with Gasteiger partial charge in [-0.2, -0.15) is 0 Å². The van der Waals surface area contributed by atoms with Crippen LogP contribution in [0.2, 0.25) is 0 Å². The van der Waals surface area contributed by atoms with E-state index in [-0.39, 0.29) is 39.6 Å². The minimum atomic E-state index is -1.44. The lowest BCUT2D eigenvalue weighted by Gasteiger charge is -2.34. The van der Waals surface area contributed by atoms with Gasteiger partial charge in [0.05, 0.1) is 63.1 Å². The second-order valence-corrected chi connectivity index (χ2v) is 19.5. The Kier molecular flexibility index (Phi) is 17.2. The number of benzene rings is 4. The molecule has 14 heteroatoms. The van der Waals surface area contributed by atoms with Crippen molar-refractivity contribution >= 4 is 11.8 Å². The topological polar surface area (TPSA) is 152 Å². The molecule has 2 amide bonds. The lowest BCUT2D eigenvalue weighted by Crippen LogP contribution is -2.53. The van der Waals surface area contributed by atoms with Crippen LogP contribution in [0.1, 0.15) is 90.2 Å². The van der Waals surface area contributed by atoms with Crippen LogP contribution in [0.4, 0.5) is 8.78 Å². The van der Waals surface area contributed by atoms with Crippen LogP contribution in [0.3, 0.4) is 0 Å². The Morgan fingerprint density at radius 3 is 1.19 bits per heavy atom. The van der Waals surface area contributed by atoms with Crippen LogP contribution >= 0.6 is 0 Å². The third kappa shape index (κ3) is 13.6. The standard InChI is InChI=1S/C54H66F2N6O6/c1-51(2,3)45(61-49(63)53(7,67-29-27-55)35-65-33-37-15-11-9-12-16-37)47-57-31-43(59-47)41-23-19-39(20-24-41)40-21-25-42(26-22-40)44-32-58-48(60-44)46(52(4,5)6)62-50(64)54(8,68-30-28-56)36-66-34-38-17-13-10-14-18-38/h9-26,31-32,45-46H,27-30,33-36H2,1-8H3,(H,57,59)(H,58,60)(H,61,63)(H,62,64). The molecule has 0 saturated carbocycles. The first-order valence-electron chi connectivity index (χ1n) is 23.0. The Morgan fingerprint density at radius 2 is 0.868 bits per heavy atom. The number of ether oxygens (including phenoxy) is 4. The van der Waals surface area contributed by atoms with E-state index in [1.807, 2.05) is 163 Å². The average Bonchev–Trinajstić information content (AvgIpc) is 4.02. The van der Waals surface area contributed by atoms with Crippen LogP contribution in [-0.2, 0) is 41.8 Å². The molecule has 4 N–H and O–H groups in total. The number of H-pyrrole nitrogens is 2. The normalized spacial score (nSPS) is 14.7. The molecule has 12 nitrogen and oxygen atoms in total. The molecule has 4 atom stereocenters. The van der Waals surface area contributed by atoms with Gasteiger partial charge in [-0.25, -0.2) is 18.7 Å². The van der Waals surface area contributed by atoms with Gasteiger partial charge < -0.3 is 39.5 Å². The van der Waals surface area contributed by atoms with E-state index in [1.165, 1.54) is 0 Å². The van der Waals surface area contributed by atoms with Crippen molar-refractivity contribution in [2.45, 2.75) is 91.9 Å². The third-order valence-electron chi connectivity index (χ3n) is 11.7. The second-order valence-electron chi connectivity index (χ2n) is 19.5. The van der Waals surface area contributed by atoms with Crippen LogP contribution in [0.25, 0.3) is 33.6 Å². The molecule has 2 aromatic heterocycles. The van der Waals surface area contributed by atoms with Crippen molar-refractivity contribution in [1.29, 1.82) is 0 Å². The molecule has 0 spiro atoms. The summed E-state index contributed by atoms with van der Waals surface area (Å²) in [7, 11) is 0.